The van der Waals surface area contributed by atoms with Gasteiger partial charge >= 0.3 is 0 Å². The fourth-order valence-electron chi connectivity index (χ4n) is 4.39. The molecule has 5 heteroatoms. The van der Waals surface area contributed by atoms with Crippen molar-refractivity contribution in [2.45, 2.75) is 24.4 Å². The summed E-state index contributed by atoms with van der Waals surface area (Å²) in [5.41, 5.74) is 2.34. The zero-order chi connectivity index (χ0) is 20.9. The van der Waals surface area contributed by atoms with E-state index in [9.17, 15) is 9.18 Å². The molecule has 0 spiro atoms. The normalized spacial score (nSPS) is 17.8. The summed E-state index contributed by atoms with van der Waals surface area (Å²) in [5.74, 6) is -0.304. The van der Waals surface area contributed by atoms with Gasteiger partial charge < -0.3 is 15.1 Å². The van der Waals surface area contributed by atoms with E-state index in [1.807, 2.05) is 42.5 Å². The monoisotopic (exact) mass is 403 g/mol. The molecule has 2 fully saturated rings. The summed E-state index contributed by atoms with van der Waals surface area (Å²) in [4.78, 5) is 17.6. The molecule has 1 aliphatic heterocycles. The van der Waals surface area contributed by atoms with Gasteiger partial charge in [-0.1, -0.05) is 36.4 Å². The van der Waals surface area contributed by atoms with Crippen molar-refractivity contribution in [2.75, 3.05) is 32.1 Å². The molecule has 0 radical (unpaired) electrons. The number of benzene rings is 3. The van der Waals surface area contributed by atoms with Crippen molar-refractivity contribution in [2.24, 2.45) is 0 Å². The van der Waals surface area contributed by atoms with Gasteiger partial charge in [-0.25, -0.2) is 4.39 Å². The standard InChI is InChI=1S/C25H26FN3O/c1-28(2)19-15-29(16-19)18-7-5-6-17(14-18)24(30)27-25(12-13-25)22-10-11-23(26)21-9-4-3-8-20(21)22/h3-11,14,19H,12-13,15-16H2,1-2H3,(H,27,30). The molecule has 0 bridgehead atoms. The molecule has 3 aromatic carbocycles. The summed E-state index contributed by atoms with van der Waals surface area (Å²) in [6, 6.07) is 19.2. The maximum atomic E-state index is 14.2. The van der Waals surface area contributed by atoms with Crippen LogP contribution >= 0.6 is 0 Å². The van der Waals surface area contributed by atoms with Gasteiger partial charge in [0.25, 0.3) is 5.91 Å². The zero-order valence-corrected chi connectivity index (χ0v) is 17.4. The van der Waals surface area contributed by atoms with E-state index in [2.05, 4.69) is 35.3 Å². The van der Waals surface area contributed by atoms with Crippen LogP contribution in [0.2, 0.25) is 0 Å². The average molecular weight is 404 g/mol. The zero-order valence-electron chi connectivity index (χ0n) is 17.4. The lowest BCUT2D eigenvalue weighted by molar-refractivity contribution is 0.0931. The predicted octanol–water partition coefficient (Wildman–Crippen LogP) is 4.15. The molecule has 4 nitrogen and oxygen atoms in total. The molecular weight excluding hydrogens is 377 g/mol. The van der Waals surface area contributed by atoms with Gasteiger partial charge in [-0.3, -0.25) is 4.79 Å². The third-order valence-corrected chi connectivity index (χ3v) is 6.56. The fourth-order valence-corrected chi connectivity index (χ4v) is 4.39. The van der Waals surface area contributed by atoms with Crippen LogP contribution in [0.5, 0.6) is 0 Å². The molecule has 1 amide bonds. The molecule has 30 heavy (non-hydrogen) atoms. The lowest BCUT2D eigenvalue weighted by Gasteiger charge is -2.44. The molecule has 1 saturated carbocycles. The molecule has 1 aliphatic carbocycles. The molecule has 0 unspecified atom stereocenters. The molecule has 1 heterocycles. The van der Waals surface area contributed by atoms with Crippen molar-refractivity contribution < 1.29 is 9.18 Å². The quantitative estimate of drug-likeness (QED) is 0.695. The van der Waals surface area contributed by atoms with Crippen LogP contribution in [0, 0.1) is 5.82 Å². The first kappa shape index (κ1) is 19.1. The van der Waals surface area contributed by atoms with Crippen LogP contribution < -0.4 is 10.2 Å². The molecule has 0 aromatic heterocycles. The van der Waals surface area contributed by atoms with Crippen molar-refractivity contribution in [3.05, 3.63) is 77.6 Å². The van der Waals surface area contributed by atoms with Crippen LogP contribution in [0.4, 0.5) is 10.1 Å². The Morgan fingerprint density at radius 3 is 2.47 bits per heavy atom. The lowest BCUT2D eigenvalue weighted by Crippen LogP contribution is -2.57. The second-order valence-corrected chi connectivity index (χ2v) is 8.75. The number of carbonyl (C=O) groups excluding carboxylic acids is 1. The Bertz CT molecular complexity index is 1120. The Kier molecular flexibility index (Phi) is 4.51. The number of likely N-dealkylation sites (N-methyl/N-ethyl adjacent to an activating group) is 1. The fraction of sp³-hybridized carbons (Fsp3) is 0.320. The highest BCUT2D eigenvalue weighted by Crippen LogP contribution is 2.48. The smallest absolute Gasteiger partial charge is 0.252 e. The lowest BCUT2D eigenvalue weighted by atomic mass is 9.96. The van der Waals surface area contributed by atoms with Crippen molar-refractivity contribution in [3.63, 3.8) is 0 Å². The van der Waals surface area contributed by atoms with Crippen molar-refractivity contribution in [3.8, 4) is 0 Å². The number of hydrogen-bond donors (Lipinski definition) is 1. The Morgan fingerprint density at radius 2 is 1.77 bits per heavy atom. The minimum Gasteiger partial charge on any atom is -0.368 e. The molecule has 0 atom stereocenters. The highest BCUT2D eigenvalue weighted by atomic mass is 19.1. The Hall–Kier alpha value is -2.92. The van der Waals surface area contributed by atoms with Crippen molar-refractivity contribution >= 4 is 22.4 Å². The summed E-state index contributed by atoms with van der Waals surface area (Å²) >= 11 is 0. The van der Waals surface area contributed by atoms with Gasteiger partial charge in [0, 0.05) is 35.8 Å². The second kappa shape index (κ2) is 7.10. The number of anilines is 1. The number of fused-ring (bicyclic) bond motifs is 1. The number of hydrogen-bond acceptors (Lipinski definition) is 3. The highest BCUT2D eigenvalue weighted by molar-refractivity contribution is 5.97. The SMILES string of the molecule is CN(C)C1CN(c2cccc(C(=O)NC3(c4ccc(F)c5ccccc45)CC3)c2)C1. The Labute approximate surface area is 176 Å². The first-order valence-electron chi connectivity index (χ1n) is 10.5. The van der Waals surface area contributed by atoms with Gasteiger partial charge in [0.1, 0.15) is 5.82 Å². The molecule has 1 saturated heterocycles. The summed E-state index contributed by atoms with van der Waals surface area (Å²) in [6.45, 7) is 1.95. The number of nitrogens with one attached hydrogen (secondary N) is 1. The third kappa shape index (κ3) is 3.23. The van der Waals surface area contributed by atoms with E-state index >= 15 is 0 Å². The minimum absolute atomic E-state index is 0.0764. The van der Waals surface area contributed by atoms with Gasteiger partial charge in [-0.05, 0) is 62.2 Å². The highest BCUT2D eigenvalue weighted by Gasteiger charge is 2.46. The minimum atomic E-state index is -0.410. The van der Waals surface area contributed by atoms with E-state index in [0.717, 1.165) is 42.6 Å². The van der Waals surface area contributed by atoms with Crippen LogP contribution in [0.15, 0.2) is 60.7 Å². The molecule has 3 aromatic rings. The third-order valence-electron chi connectivity index (χ3n) is 6.56. The summed E-state index contributed by atoms with van der Waals surface area (Å²) in [5, 5.41) is 4.73. The van der Waals surface area contributed by atoms with E-state index in [-0.39, 0.29) is 11.7 Å². The van der Waals surface area contributed by atoms with Crippen LogP contribution in [0.25, 0.3) is 10.8 Å². The van der Waals surface area contributed by atoms with Crippen LogP contribution in [-0.2, 0) is 5.54 Å². The summed E-state index contributed by atoms with van der Waals surface area (Å²) in [6.07, 6.45) is 1.73. The van der Waals surface area contributed by atoms with Gasteiger partial charge in [0.15, 0.2) is 0 Å². The number of rotatable bonds is 5. The van der Waals surface area contributed by atoms with Crippen LogP contribution in [0.1, 0.15) is 28.8 Å². The van der Waals surface area contributed by atoms with E-state index < -0.39 is 5.54 Å². The van der Waals surface area contributed by atoms with Crippen LogP contribution in [-0.4, -0.2) is 44.0 Å². The summed E-state index contributed by atoms with van der Waals surface area (Å²) < 4.78 is 14.2. The van der Waals surface area contributed by atoms with Gasteiger partial charge in [-0.2, -0.15) is 0 Å². The number of nitrogens with zero attached hydrogens (tertiary/aromatic N) is 2. The number of amides is 1. The van der Waals surface area contributed by atoms with Gasteiger partial charge in [-0.15, -0.1) is 0 Å². The summed E-state index contributed by atoms with van der Waals surface area (Å²) in [7, 11) is 4.19. The second-order valence-electron chi connectivity index (χ2n) is 8.75. The topological polar surface area (TPSA) is 35.6 Å². The van der Waals surface area contributed by atoms with Crippen molar-refractivity contribution in [1.82, 2.24) is 10.2 Å². The average Bonchev–Trinajstić information content (AvgIpc) is 3.47. The Morgan fingerprint density at radius 1 is 1.03 bits per heavy atom. The number of halogens is 1. The largest absolute Gasteiger partial charge is 0.368 e. The van der Waals surface area contributed by atoms with Gasteiger partial charge in [0.2, 0.25) is 0 Å². The van der Waals surface area contributed by atoms with E-state index in [1.165, 1.54) is 6.07 Å². The van der Waals surface area contributed by atoms with E-state index in [1.54, 1.807) is 6.07 Å². The number of carbonyl (C=O) groups is 1. The van der Waals surface area contributed by atoms with Crippen molar-refractivity contribution in [1.29, 1.82) is 0 Å². The molecule has 2 aliphatic rings. The Balaban J connectivity index is 1.38. The molecule has 154 valence electrons. The molecular formula is C25H26FN3O. The maximum absolute atomic E-state index is 14.2. The van der Waals surface area contributed by atoms with Crippen LogP contribution in [0.3, 0.4) is 0 Å². The first-order valence-corrected chi connectivity index (χ1v) is 10.5. The van der Waals surface area contributed by atoms with Gasteiger partial charge in [0.05, 0.1) is 5.54 Å². The predicted molar refractivity (Wildman–Crippen MR) is 118 cm³/mol. The maximum Gasteiger partial charge on any atom is 0.252 e. The first-order chi connectivity index (χ1) is 14.5. The molecule has 1 N–H and O–H groups in total. The molecule has 5 rings (SSSR count). The van der Waals surface area contributed by atoms with E-state index in [4.69, 9.17) is 0 Å². The van der Waals surface area contributed by atoms with E-state index in [0.29, 0.717) is 17.0 Å².